The molecule has 0 aliphatic rings. The van der Waals surface area contributed by atoms with Crippen LogP contribution in [0.15, 0.2) is 36.4 Å². The third kappa shape index (κ3) is 7.59. The summed E-state index contributed by atoms with van der Waals surface area (Å²) in [5.74, 6) is 1.29. The minimum atomic E-state index is -1.07. The van der Waals surface area contributed by atoms with E-state index in [-0.39, 0.29) is 0 Å². The second-order valence-corrected chi connectivity index (χ2v) is 5.56. The molecule has 0 bridgehead atoms. The molecule has 134 valence electrons. The highest BCUT2D eigenvalue weighted by molar-refractivity contribution is 7.85. The van der Waals surface area contributed by atoms with Crippen molar-refractivity contribution < 1.29 is 8.95 Å². The van der Waals surface area contributed by atoms with Crippen LogP contribution in [0.1, 0.15) is 45.9 Å². The molecule has 2 aromatic rings. The summed E-state index contributed by atoms with van der Waals surface area (Å²) in [6, 6.07) is 11.2. The van der Waals surface area contributed by atoms with Gasteiger partial charge in [0, 0.05) is 23.7 Å². The van der Waals surface area contributed by atoms with Gasteiger partial charge in [-0.25, -0.2) is 9.19 Å². The number of nitrogens with one attached hydrogen (secondary N) is 1. The Hall–Kier alpha value is -1.88. The van der Waals surface area contributed by atoms with Gasteiger partial charge in [-0.3, -0.25) is 0 Å². The van der Waals surface area contributed by atoms with E-state index in [4.69, 9.17) is 4.74 Å². The van der Waals surface area contributed by atoms with E-state index in [0.29, 0.717) is 11.6 Å². The Balaban J connectivity index is 0.00000123. The van der Waals surface area contributed by atoms with Gasteiger partial charge in [0.1, 0.15) is 16.7 Å². The third-order valence-electron chi connectivity index (χ3n) is 2.85. The number of aromatic nitrogens is 1. The largest absolute Gasteiger partial charge is 0.439 e. The normalized spacial score (nSPS) is 10.5. The van der Waals surface area contributed by atoms with E-state index >= 15 is 0 Å². The average molecular weight is 351 g/mol. The molecule has 24 heavy (non-hydrogen) atoms. The van der Waals surface area contributed by atoms with Crippen LogP contribution in [0.4, 0.5) is 5.69 Å². The van der Waals surface area contributed by atoms with Gasteiger partial charge in [-0.15, -0.1) is 0 Å². The van der Waals surface area contributed by atoms with Gasteiger partial charge in [0.05, 0.1) is 0 Å². The Labute approximate surface area is 149 Å². The van der Waals surface area contributed by atoms with Gasteiger partial charge in [-0.1, -0.05) is 40.7 Å². The molecule has 0 aliphatic carbocycles. The number of hydrogen-bond acceptors (Lipinski definition) is 3. The first-order chi connectivity index (χ1) is 11.6. The van der Waals surface area contributed by atoms with E-state index < -0.39 is 11.0 Å². The summed E-state index contributed by atoms with van der Waals surface area (Å²) in [7, 11) is -1.07. The second kappa shape index (κ2) is 12.5. The lowest BCUT2D eigenvalue weighted by Crippen LogP contribution is -2.00. The van der Waals surface area contributed by atoms with E-state index in [1.807, 2.05) is 71.0 Å². The number of rotatable bonds is 5. The summed E-state index contributed by atoms with van der Waals surface area (Å²) in [6.07, 6.45) is 2.47. The van der Waals surface area contributed by atoms with Crippen LogP contribution in [0.2, 0.25) is 0 Å². The van der Waals surface area contributed by atoms with Crippen molar-refractivity contribution in [3.8, 4) is 11.6 Å². The van der Waals surface area contributed by atoms with Crippen LogP contribution in [0.5, 0.6) is 11.6 Å². The maximum Gasteiger partial charge on any atom is 0.219 e. The molecule has 0 aliphatic heterocycles. The highest BCUT2D eigenvalue weighted by Crippen LogP contribution is 2.22. The fourth-order valence-corrected chi connectivity index (χ4v) is 2.31. The van der Waals surface area contributed by atoms with Crippen molar-refractivity contribution in [2.45, 2.75) is 48.0 Å². The van der Waals surface area contributed by atoms with E-state index in [0.717, 1.165) is 17.8 Å². The van der Waals surface area contributed by atoms with E-state index in [2.05, 4.69) is 16.6 Å². The highest BCUT2D eigenvalue weighted by Gasteiger charge is 2.03. The molecule has 0 saturated carbocycles. The Morgan fingerprint density at radius 1 is 1.04 bits per heavy atom. The summed E-state index contributed by atoms with van der Waals surface area (Å²) in [5, 5.41) is 0. The van der Waals surface area contributed by atoms with Crippen LogP contribution in [0.25, 0.3) is 0 Å². The summed E-state index contributed by atoms with van der Waals surface area (Å²) < 4.78 is 19.6. The maximum absolute atomic E-state index is 11.1. The molecule has 0 spiro atoms. The van der Waals surface area contributed by atoms with Crippen LogP contribution in [0, 0.1) is 6.92 Å². The van der Waals surface area contributed by atoms with Crippen LogP contribution in [0.3, 0.4) is 0 Å². The lowest BCUT2D eigenvalue weighted by Gasteiger charge is -2.09. The zero-order valence-electron chi connectivity index (χ0n) is 15.8. The lowest BCUT2D eigenvalue weighted by molar-refractivity contribution is 0.460. The molecule has 0 radical (unpaired) electrons. The summed E-state index contributed by atoms with van der Waals surface area (Å²) in [6.45, 7) is 12.1. The molecule has 1 aromatic carbocycles. The van der Waals surface area contributed by atoms with Gasteiger partial charge in [-0.2, -0.15) is 0 Å². The van der Waals surface area contributed by atoms with Gasteiger partial charge >= 0.3 is 0 Å². The molecule has 0 saturated heterocycles. The van der Waals surface area contributed by atoms with Gasteiger partial charge in [-0.05, 0) is 43.2 Å². The smallest absolute Gasteiger partial charge is 0.219 e. The molecule has 1 unspecified atom stereocenters. The number of anilines is 1. The van der Waals surface area contributed by atoms with Crippen molar-refractivity contribution in [2.75, 3.05) is 11.0 Å². The third-order valence-corrected chi connectivity index (χ3v) is 3.37. The predicted molar refractivity (Wildman–Crippen MR) is 105 cm³/mol. The zero-order valence-corrected chi connectivity index (χ0v) is 16.7. The van der Waals surface area contributed by atoms with Gasteiger partial charge < -0.3 is 9.46 Å². The minimum Gasteiger partial charge on any atom is -0.439 e. The van der Waals surface area contributed by atoms with Crippen molar-refractivity contribution >= 4 is 16.7 Å². The molecule has 2 rings (SSSR count). The van der Waals surface area contributed by atoms with Crippen LogP contribution < -0.4 is 9.46 Å². The van der Waals surface area contributed by atoms with E-state index in [1.165, 1.54) is 5.56 Å². The summed E-state index contributed by atoms with van der Waals surface area (Å²) in [4.78, 5) is 4.47. The fourth-order valence-electron chi connectivity index (χ4n) is 1.84. The fraction of sp³-hybridized carbons (Fsp3) is 0.421. The topological polar surface area (TPSA) is 51.2 Å². The number of nitrogens with zero attached hydrogens (tertiary/aromatic N) is 1. The molecule has 5 heteroatoms. The molecular weight excluding hydrogens is 320 g/mol. The summed E-state index contributed by atoms with van der Waals surface area (Å²) in [5.41, 5.74) is 3.01. The van der Waals surface area contributed by atoms with Crippen molar-refractivity contribution in [1.29, 1.82) is 0 Å². The van der Waals surface area contributed by atoms with Gasteiger partial charge in [0.2, 0.25) is 5.88 Å². The first-order valence-corrected chi connectivity index (χ1v) is 9.99. The Morgan fingerprint density at radius 3 is 2.12 bits per heavy atom. The number of aryl methyl sites for hydroxylation is 2. The van der Waals surface area contributed by atoms with Crippen LogP contribution in [-0.2, 0) is 17.4 Å². The van der Waals surface area contributed by atoms with Gasteiger partial charge in [0.25, 0.3) is 0 Å². The molecule has 1 N–H and O–H groups in total. The molecule has 1 atom stereocenters. The Morgan fingerprint density at radius 2 is 1.62 bits per heavy atom. The quantitative estimate of drug-likeness (QED) is 0.774. The number of ether oxygens (including phenoxy) is 1. The first-order valence-electron chi connectivity index (χ1n) is 8.43. The standard InChI is InChI=1S/C15H18N2O2S.2C2H6/c1-4-14-11(2)5-10-15(16-14)19-13-8-6-12(7-9-13)17-20(3)18;2*1-2/h5-10,17H,4H2,1-3H3;2*1-2H3. The van der Waals surface area contributed by atoms with Crippen molar-refractivity contribution in [2.24, 2.45) is 0 Å². The van der Waals surface area contributed by atoms with Crippen molar-refractivity contribution in [3.05, 3.63) is 47.7 Å². The number of hydrogen-bond donors (Lipinski definition) is 1. The molecule has 1 heterocycles. The van der Waals surface area contributed by atoms with Crippen molar-refractivity contribution in [1.82, 2.24) is 4.98 Å². The maximum atomic E-state index is 11.1. The monoisotopic (exact) mass is 350 g/mol. The first kappa shape index (κ1) is 22.1. The molecule has 0 amide bonds. The predicted octanol–water partition coefficient (Wildman–Crippen LogP) is 5.50. The highest BCUT2D eigenvalue weighted by atomic mass is 32.2. The van der Waals surface area contributed by atoms with E-state index in [1.54, 1.807) is 6.26 Å². The van der Waals surface area contributed by atoms with E-state index in [9.17, 15) is 4.21 Å². The molecule has 1 aromatic heterocycles. The SMILES string of the molecule is CC.CC.CCc1nc(Oc2ccc(NS(C)=O)cc2)ccc1C. The van der Waals surface area contributed by atoms with Crippen LogP contribution >= 0.6 is 0 Å². The Kier molecular flexibility index (Phi) is 11.5. The van der Waals surface area contributed by atoms with Crippen LogP contribution in [-0.4, -0.2) is 15.4 Å². The molecule has 0 fully saturated rings. The molecule has 4 nitrogen and oxygen atoms in total. The zero-order chi connectivity index (χ0) is 18.5. The average Bonchev–Trinajstić information content (AvgIpc) is 2.61. The number of pyridine rings is 1. The van der Waals surface area contributed by atoms with Gasteiger partial charge in [0.15, 0.2) is 0 Å². The summed E-state index contributed by atoms with van der Waals surface area (Å²) >= 11 is 0. The molecular formula is C19H30N2O2S. The second-order valence-electron chi connectivity index (χ2n) is 4.45. The number of benzene rings is 1. The lowest BCUT2D eigenvalue weighted by atomic mass is 10.2. The minimum absolute atomic E-state index is 0.590. The van der Waals surface area contributed by atoms with Crippen molar-refractivity contribution in [3.63, 3.8) is 0 Å². The Bertz CT molecular complexity index is 613.